The molecule has 0 saturated heterocycles. The van der Waals surface area contributed by atoms with Crippen LogP contribution in [0.25, 0.3) is 11.1 Å². The van der Waals surface area contributed by atoms with E-state index in [-0.39, 0.29) is 17.0 Å². The topological polar surface area (TPSA) is 88.7 Å². The molecule has 7 heteroatoms. The number of hydrogen-bond acceptors (Lipinski definition) is 4. The molecule has 1 N–H and O–H groups in total. The molecule has 0 radical (unpaired) electrons. The molecular formula is C28H23ClN2O4. The fourth-order valence-electron chi connectivity index (χ4n) is 4.19. The van der Waals surface area contributed by atoms with Crippen molar-refractivity contribution in [2.24, 2.45) is 12.2 Å². The van der Waals surface area contributed by atoms with Gasteiger partial charge in [-0.05, 0) is 58.5 Å². The van der Waals surface area contributed by atoms with E-state index >= 15 is 0 Å². The van der Waals surface area contributed by atoms with Crippen LogP contribution in [0, 0.1) is 4.91 Å². The molecule has 0 fully saturated rings. The first-order valence-corrected chi connectivity index (χ1v) is 11.4. The lowest BCUT2D eigenvalue weighted by Gasteiger charge is -2.22. The summed E-state index contributed by atoms with van der Waals surface area (Å²) in [6, 6.07) is 24.5. The summed E-state index contributed by atoms with van der Waals surface area (Å²) in [5.41, 5.74) is 4.41. The van der Waals surface area contributed by atoms with Gasteiger partial charge in [0.2, 0.25) is 5.56 Å². The highest BCUT2D eigenvalue weighted by molar-refractivity contribution is 6.31. The molecule has 0 aliphatic heterocycles. The van der Waals surface area contributed by atoms with Crippen molar-refractivity contribution in [2.75, 3.05) is 0 Å². The van der Waals surface area contributed by atoms with Crippen LogP contribution >= 0.6 is 11.6 Å². The number of carbonyl (C=O) groups is 1. The van der Waals surface area contributed by atoms with Gasteiger partial charge in [0.25, 0.3) is 0 Å². The van der Waals surface area contributed by atoms with Gasteiger partial charge >= 0.3 is 5.97 Å². The Morgan fingerprint density at radius 2 is 1.51 bits per heavy atom. The van der Waals surface area contributed by atoms with Crippen molar-refractivity contribution in [1.29, 1.82) is 0 Å². The Morgan fingerprint density at radius 3 is 2.09 bits per heavy atom. The van der Waals surface area contributed by atoms with Crippen LogP contribution in [0.15, 0.2) is 101 Å². The van der Waals surface area contributed by atoms with E-state index in [1.807, 2.05) is 48.5 Å². The molecule has 0 amide bonds. The third-order valence-electron chi connectivity index (χ3n) is 6.14. The first kappa shape index (κ1) is 24.1. The maximum atomic E-state index is 11.9. The highest BCUT2D eigenvalue weighted by Gasteiger charge is 2.24. The van der Waals surface area contributed by atoms with Crippen molar-refractivity contribution in [3.8, 4) is 11.1 Å². The summed E-state index contributed by atoms with van der Waals surface area (Å²) in [7, 11) is 1.64. The summed E-state index contributed by atoms with van der Waals surface area (Å²) in [6.45, 7) is 0. The van der Waals surface area contributed by atoms with Crippen LogP contribution in [-0.4, -0.2) is 15.6 Å². The van der Waals surface area contributed by atoms with E-state index in [2.05, 4.69) is 5.18 Å². The molecule has 0 spiro atoms. The minimum absolute atomic E-state index is 0.159. The molecule has 6 nitrogen and oxygen atoms in total. The van der Waals surface area contributed by atoms with Gasteiger partial charge in [-0.2, -0.15) is 4.91 Å². The average molecular weight is 487 g/mol. The van der Waals surface area contributed by atoms with E-state index in [0.29, 0.717) is 17.0 Å². The Hall–Kier alpha value is -4.03. The number of aromatic carboxylic acids is 1. The fourth-order valence-corrected chi connectivity index (χ4v) is 4.46. The molecule has 2 atom stereocenters. The Bertz CT molecular complexity index is 1410. The van der Waals surface area contributed by atoms with Gasteiger partial charge in [-0.1, -0.05) is 71.4 Å². The van der Waals surface area contributed by atoms with Crippen molar-refractivity contribution in [3.63, 3.8) is 0 Å². The molecule has 35 heavy (non-hydrogen) atoms. The quantitative estimate of drug-likeness (QED) is 0.290. The van der Waals surface area contributed by atoms with Crippen molar-refractivity contribution >= 4 is 17.6 Å². The highest BCUT2D eigenvalue weighted by Crippen LogP contribution is 2.39. The van der Waals surface area contributed by atoms with Gasteiger partial charge in [-0.25, -0.2) is 4.79 Å². The molecule has 0 bridgehead atoms. The number of aromatic nitrogens is 1. The third kappa shape index (κ3) is 5.39. The predicted octanol–water partition coefficient (Wildman–Crippen LogP) is 6.43. The molecule has 0 saturated carbocycles. The largest absolute Gasteiger partial charge is 0.478 e. The van der Waals surface area contributed by atoms with Gasteiger partial charge in [0.15, 0.2) is 0 Å². The van der Waals surface area contributed by atoms with Gasteiger partial charge in [0.1, 0.15) is 6.04 Å². The fraction of sp³-hybridized carbons (Fsp3) is 0.143. The van der Waals surface area contributed by atoms with Crippen molar-refractivity contribution < 1.29 is 9.90 Å². The molecule has 4 aromatic rings. The number of carboxylic acids is 1. The van der Waals surface area contributed by atoms with Crippen LogP contribution in [0.2, 0.25) is 5.02 Å². The second-order valence-electron chi connectivity index (χ2n) is 8.35. The maximum Gasteiger partial charge on any atom is 0.335 e. The number of aryl methyl sites for hydroxylation is 1. The average Bonchev–Trinajstić information content (AvgIpc) is 2.87. The number of pyridine rings is 1. The highest BCUT2D eigenvalue weighted by atomic mass is 35.5. The number of nitrogens with zero attached hydrogens (tertiary/aromatic N) is 2. The smallest absolute Gasteiger partial charge is 0.335 e. The summed E-state index contributed by atoms with van der Waals surface area (Å²) in [5.74, 6) is -1.18. The molecule has 3 aromatic carbocycles. The van der Waals surface area contributed by atoms with Crippen molar-refractivity contribution in [1.82, 2.24) is 4.57 Å². The number of hydrogen-bond donors (Lipinski definition) is 1. The van der Waals surface area contributed by atoms with Crippen LogP contribution in [-0.2, 0) is 7.05 Å². The molecule has 0 aliphatic rings. The number of rotatable bonds is 8. The van der Waals surface area contributed by atoms with Crippen LogP contribution in [0.1, 0.15) is 45.4 Å². The number of benzene rings is 3. The van der Waals surface area contributed by atoms with Crippen LogP contribution in [0.5, 0.6) is 0 Å². The molecular weight excluding hydrogens is 464 g/mol. The van der Waals surface area contributed by atoms with Gasteiger partial charge in [-0.15, -0.1) is 0 Å². The maximum absolute atomic E-state index is 11.9. The van der Waals surface area contributed by atoms with Crippen LogP contribution < -0.4 is 5.56 Å². The lowest BCUT2D eigenvalue weighted by Crippen LogP contribution is -2.16. The van der Waals surface area contributed by atoms with Gasteiger partial charge < -0.3 is 9.67 Å². The third-order valence-corrected chi connectivity index (χ3v) is 6.48. The van der Waals surface area contributed by atoms with Crippen molar-refractivity contribution in [2.45, 2.75) is 18.4 Å². The normalized spacial score (nSPS) is 12.6. The first-order valence-electron chi connectivity index (χ1n) is 11.0. The van der Waals surface area contributed by atoms with Crippen LogP contribution in [0.4, 0.5) is 0 Å². The molecule has 1 aromatic heterocycles. The van der Waals surface area contributed by atoms with E-state index in [4.69, 9.17) is 16.7 Å². The molecule has 0 aliphatic carbocycles. The first-order chi connectivity index (χ1) is 16.9. The Kier molecular flexibility index (Phi) is 7.22. The summed E-state index contributed by atoms with van der Waals surface area (Å²) in [6.07, 6.45) is 2.01. The van der Waals surface area contributed by atoms with Crippen LogP contribution in [0.3, 0.4) is 0 Å². The van der Waals surface area contributed by atoms with Gasteiger partial charge in [-0.3, -0.25) is 4.79 Å². The molecule has 1 heterocycles. The summed E-state index contributed by atoms with van der Waals surface area (Å²) in [5, 5.41) is 13.1. The predicted molar refractivity (Wildman–Crippen MR) is 137 cm³/mol. The second kappa shape index (κ2) is 10.5. The zero-order chi connectivity index (χ0) is 24.9. The summed E-state index contributed by atoms with van der Waals surface area (Å²) in [4.78, 5) is 34.8. The Labute approximate surface area is 207 Å². The van der Waals surface area contributed by atoms with Gasteiger partial charge in [0.05, 0.1) is 5.56 Å². The standard InChI is InChI=1S/C28H23ClN2O4/c1-31-17-22(14-15-27(31)32)26(30-35)16-24(23-4-2-3-5-25(23)29)20-10-6-18(7-11-20)19-8-12-21(13-9-19)28(33)34/h2-15,17,24,26H,16H2,1H3,(H,33,34). The van der Waals surface area contributed by atoms with E-state index in [9.17, 15) is 14.5 Å². The van der Waals surface area contributed by atoms with Crippen molar-refractivity contribution in [3.05, 3.63) is 134 Å². The zero-order valence-corrected chi connectivity index (χ0v) is 19.7. The minimum Gasteiger partial charge on any atom is -0.478 e. The van der Waals surface area contributed by atoms with E-state index in [1.165, 1.54) is 10.6 Å². The zero-order valence-electron chi connectivity index (χ0n) is 19.0. The van der Waals surface area contributed by atoms with Gasteiger partial charge in [0, 0.05) is 30.3 Å². The summed E-state index contributed by atoms with van der Waals surface area (Å²) >= 11 is 6.55. The van der Waals surface area contributed by atoms with E-state index < -0.39 is 12.0 Å². The Morgan fingerprint density at radius 1 is 0.914 bits per heavy atom. The molecule has 2 unspecified atom stereocenters. The monoisotopic (exact) mass is 486 g/mol. The SMILES string of the molecule is Cn1cc(C(CC(c2ccc(-c3ccc(C(=O)O)cc3)cc2)c2ccccc2Cl)N=O)ccc1=O. The second-order valence-corrected chi connectivity index (χ2v) is 8.75. The minimum atomic E-state index is -0.966. The number of nitroso groups, excluding NO2 is 1. The summed E-state index contributed by atoms with van der Waals surface area (Å²) < 4.78 is 1.43. The van der Waals surface area contributed by atoms with E-state index in [0.717, 1.165) is 22.3 Å². The number of halogens is 1. The number of carboxylic acid groups (broad SMARTS) is 1. The molecule has 4 rings (SSSR count). The lowest BCUT2D eigenvalue weighted by molar-refractivity contribution is 0.0697. The van der Waals surface area contributed by atoms with E-state index in [1.54, 1.807) is 43.6 Å². The molecule has 176 valence electrons. The lowest BCUT2D eigenvalue weighted by atomic mass is 9.84. The Balaban J connectivity index is 1.69.